The Kier molecular flexibility index (Phi) is 8.31. The van der Waals surface area contributed by atoms with Gasteiger partial charge in [0.15, 0.2) is 0 Å². The van der Waals surface area contributed by atoms with Gasteiger partial charge >= 0.3 is 0 Å². The SMILES string of the molecule is Cc1ccc(S(=O)(=O)OCCCCOC(CC(C)(C)C)C(C)(C)C)cc1. The van der Waals surface area contributed by atoms with Crippen molar-refractivity contribution in [1.29, 1.82) is 0 Å². The Labute approximate surface area is 160 Å². The molecule has 0 N–H and O–H groups in total. The highest BCUT2D eigenvalue weighted by molar-refractivity contribution is 7.86. The van der Waals surface area contributed by atoms with E-state index in [0.29, 0.717) is 13.0 Å². The van der Waals surface area contributed by atoms with Gasteiger partial charge in [-0.1, -0.05) is 59.2 Å². The lowest BCUT2D eigenvalue weighted by Crippen LogP contribution is -2.33. The number of ether oxygens (including phenoxy) is 1. The zero-order chi connectivity index (χ0) is 20.0. The van der Waals surface area contributed by atoms with Gasteiger partial charge in [0.05, 0.1) is 17.6 Å². The number of hydrogen-bond donors (Lipinski definition) is 0. The second-order valence-electron chi connectivity index (χ2n) is 9.29. The van der Waals surface area contributed by atoms with Gasteiger partial charge in [-0.3, -0.25) is 4.18 Å². The van der Waals surface area contributed by atoms with Crippen LogP contribution in [-0.2, 0) is 19.0 Å². The lowest BCUT2D eigenvalue weighted by Gasteiger charge is -2.35. The average Bonchev–Trinajstić information content (AvgIpc) is 2.47. The molecule has 0 heterocycles. The third-order valence-electron chi connectivity index (χ3n) is 4.17. The van der Waals surface area contributed by atoms with Crippen LogP contribution in [0.1, 0.15) is 66.4 Å². The summed E-state index contributed by atoms with van der Waals surface area (Å²) in [5, 5.41) is 0. The van der Waals surface area contributed by atoms with Crippen LogP contribution in [0.5, 0.6) is 0 Å². The van der Waals surface area contributed by atoms with Gasteiger partial charge in [0.1, 0.15) is 0 Å². The first-order chi connectivity index (χ1) is 11.8. The van der Waals surface area contributed by atoms with Crippen LogP contribution in [0.4, 0.5) is 0 Å². The fourth-order valence-electron chi connectivity index (χ4n) is 2.54. The molecule has 1 atom stereocenters. The zero-order valence-electron chi connectivity index (χ0n) is 17.5. The second kappa shape index (κ2) is 9.34. The molecule has 150 valence electrons. The fourth-order valence-corrected chi connectivity index (χ4v) is 3.49. The van der Waals surface area contributed by atoms with Gasteiger partial charge in [0, 0.05) is 6.61 Å². The molecule has 1 rings (SSSR count). The van der Waals surface area contributed by atoms with Gasteiger partial charge in [-0.2, -0.15) is 8.42 Å². The maximum Gasteiger partial charge on any atom is 0.296 e. The predicted molar refractivity (Wildman–Crippen MR) is 107 cm³/mol. The Hall–Kier alpha value is -0.910. The van der Waals surface area contributed by atoms with Gasteiger partial charge in [-0.25, -0.2) is 0 Å². The predicted octanol–water partition coefficient (Wildman–Crippen LogP) is 5.35. The van der Waals surface area contributed by atoms with Crippen LogP contribution in [0.15, 0.2) is 29.2 Å². The maximum absolute atomic E-state index is 12.1. The van der Waals surface area contributed by atoms with E-state index in [9.17, 15) is 8.42 Å². The highest BCUT2D eigenvalue weighted by Crippen LogP contribution is 2.32. The number of benzene rings is 1. The summed E-state index contributed by atoms with van der Waals surface area (Å²) in [5.41, 5.74) is 1.31. The molecular formula is C21H36O4S. The molecule has 4 nitrogen and oxygen atoms in total. The molecule has 0 aliphatic carbocycles. The smallest absolute Gasteiger partial charge is 0.296 e. The van der Waals surface area contributed by atoms with Crippen molar-refractivity contribution in [2.24, 2.45) is 10.8 Å². The summed E-state index contributed by atoms with van der Waals surface area (Å²) in [5.74, 6) is 0. The highest BCUT2D eigenvalue weighted by Gasteiger charge is 2.29. The van der Waals surface area contributed by atoms with E-state index in [-0.39, 0.29) is 28.4 Å². The van der Waals surface area contributed by atoms with Gasteiger partial charge in [-0.05, 0) is 49.1 Å². The third-order valence-corrected chi connectivity index (χ3v) is 5.50. The number of unbranched alkanes of at least 4 members (excludes halogenated alkanes) is 1. The molecule has 0 aromatic heterocycles. The van der Waals surface area contributed by atoms with Crippen LogP contribution in [0, 0.1) is 17.8 Å². The minimum atomic E-state index is -3.67. The van der Waals surface area contributed by atoms with Crippen LogP contribution >= 0.6 is 0 Å². The number of hydrogen-bond acceptors (Lipinski definition) is 4. The largest absolute Gasteiger partial charge is 0.378 e. The van der Waals surface area contributed by atoms with Crippen molar-refractivity contribution in [3.8, 4) is 0 Å². The standard InChI is InChI=1S/C21H36O4S/c1-17-10-12-18(13-11-17)26(22,23)25-15-9-8-14-24-19(21(5,6)7)16-20(2,3)4/h10-13,19H,8-9,14-16H2,1-7H3. The summed E-state index contributed by atoms with van der Waals surface area (Å²) >= 11 is 0. The number of aryl methyl sites for hydroxylation is 1. The molecular weight excluding hydrogens is 348 g/mol. The molecule has 0 bridgehead atoms. The molecule has 0 aliphatic rings. The van der Waals surface area contributed by atoms with E-state index in [4.69, 9.17) is 8.92 Å². The van der Waals surface area contributed by atoms with E-state index in [2.05, 4.69) is 41.5 Å². The lowest BCUT2D eigenvalue weighted by molar-refractivity contribution is -0.0420. The summed E-state index contributed by atoms with van der Waals surface area (Å²) in [6.45, 7) is 16.0. The van der Waals surface area contributed by atoms with Gasteiger partial charge in [0.25, 0.3) is 10.1 Å². The van der Waals surface area contributed by atoms with Crippen molar-refractivity contribution < 1.29 is 17.3 Å². The maximum atomic E-state index is 12.1. The summed E-state index contributed by atoms with van der Waals surface area (Å²) < 4.78 is 35.5. The molecule has 0 fully saturated rings. The Balaban J connectivity index is 2.38. The fraction of sp³-hybridized carbons (Fsp3) is 0.714. The first-order valence-corrected chi connectivity index (χ1v) is 10.8. The Morgan fingerprint density at radius 1 is 0.923 bits per heavy atom. The van der Waals surface area contributed by atoms with Crippen molar-refractivity contribution in [3.05, 3.63) is 29.8 Å². The van der Waals surface area contributed by atoms with Gasteiger partial charge in [-0.15, -0.1) is 0 Å². The van der Waals surface area contributed by atoms with Crippen LogP contribution in [0.3, 0.4) is 0 Å². The zero-order valence-corrected chi connectivity index (χ0v) is 18.3. The van der Waals surface area contributed by atoms with Crippen molar-refractivity contribution in [2.75, 3.05) is 13.2 Å². The van der Waals surface area contributed by atoms with E-state index in [0.717, 1.165) is 18.4 Å². The Morgan fingerprint density at radius 2 is 1.46 bits per heavy atom. The summed E-state index contributed by atoms with van der Waals surface area (Å²) in [6.07, 6.45) is 2.60. The van der Waals surface area contributed by atoms with Crippen molar-refractivity contribution in [1.82, 2.24) is 0 Å². The van der Waals surface area contributed by atoms with Crippen LogP contribution in [-0.4, -0.2) is 27.7 Å². The number of rotatable bonds is 9. The normalized spacial score (nSPS) is 14.4. The first-order valence-electron chi connectivity index (χ1n) is 9.39. The van der Waals surface area contributed by atoms with Crippen molar-refractivity contribution >= 4 is 10.1 Å². The molecule has 0 saturated heterocycles. The Morgan fingerprint density at radius 3 is 1.96 bits per heavy atom. The van der Waals surface area contributed by atoms with Crippen molar-refractivity contribution in [2.45, 2.75) is 78.7 Å². The van der Waals surface area contributed by atoms with Crippen LogP contribution in [0.25, 0.3) is 0 Å². The molecule has 26 heavy (non-hydrogen) atoms. The summed E-state index contributed by atoms with van der Waals surface area (Å²) in [7, 11) is -3.67. The minimum Gasteiger partial charge on any atom is -0.378 e. The molecule has 0 saturated carbocycles. The van der Waals surface area contributed by atoms with E-state index >= 15 is 0 Å². The molecule has 0 aliphatic heterocycles. The first kappa shape index (κ1) is 23.1. The quantitative estimate of drug-likeness (QED) is 0.425. The van der Waals surface area contributed by atoms with Crippen LogP contribution in [0.2, 0.25) is 0 Å². The summed E-state index contributed by atoms with van der Waals surface area (Å²) in [4.78, 5) is 0.206. The lowest BCUT2D eigenvalue weighted by atomic mass is 9.78. The summed E-state index contributed by atoms with van der Waals surface area (Å²) in [6, 6.07) is 6.69. The van der Waals surface area contributed by atoms with E-state index in [1.807, 2.05) is 6.92 Å². The minimum absolute atomic E-state index is 0.0819. The molecule has 1 aromatic carbocycles. The topological polar surface area (TPSA) is 52.6 Å². The van der Waals surface area contributed by atoms with E-state index in [1.165, 1.54) is 0 Å². The monoisotopic (exact) mass is 384 g/mol. The molecule has 1 unspecified atom stereocenters. The van der Waals surface area contributed by atoms with E-state index in [1.54, 1.807) is 24.3 Å². The average molecular weight is 385 g/mol. The van der Waals surface area contributed by atoms with Crippen LogP contribution < -0.4 is 0 Å². The molecule has 0 amide bonds. The highest BCUT2D eigenvalue weighted by atomic mass is 32.2. The third kappa shape index (κ3) is 8.65. The molecule has 1 aromatic rings. The second-order valence-corrected chi connectivity index (χ2v) is 10.9. The Bertz CT molecular complexity index is 634. The molecule has 5 heteroatoms. The van der Waals surface area contributed by atoms with Crippen molar-refractivity contribution in [3.63, 3.8) is 0 Å². The molecule has 0 radical (unpaired) electrons. The van der Waals surface area contributed by atoms with Gasteiger partial charge < -0.3 is 4.74 Å². The van der Waals surface area contributed by atoms with Gasteiger partial charge in [0.2, 0.25) is 0 Å². The van der Waals surface area contributed by atoms with E-state index < -0.39 is 10.1 Å². The molecule has 0 spiro atoms.